The molecule has 25 heavy (non-hydrogen) atoms. The number of hydrogen-bond donors (Lipinski definition) is 0. The molecule has 2 atom stereocenters. The van der Waals surface area contributed by atoms with Crippen molar-refractivity contribution in [3.63, 3.8) is 0 Å². The van der Waals surface area contributed by atoms with Gasteiger partial charge in [0.1, 0.15) is 6.61 Å². The summed E-state index contributed by atoms with van der Waals surface area (Å²) in [4.78, 5) is 2.19. The molecule has 2 aliphatic heterocycles. The quantitative estimate of drug-likeness (QED) is 0.797. The Morgan fingerprint density at radius 2 is 1.88 bits per heavy atom. The summed E-state index contributed by atoms with van der Waals surface area (Å²) in [7, 11) is 0. The molecule has 3 aliphatic rings. The minimum Gasteiger partial charge on any atom is -0.367 e. The summed E-state index contributed by atoms with van der Waals surface area (Å²) in [6, 6.07) is 13.2. The lowest BCUT2D eigenvalue weighted by atomic mass is 10.0. The number of benzene rings is 2. The lowest BCUT2D eigenvalue weighted by Crippen LogP contribution is -2.44. The van der Waals surface area contributed by atoms with Crippen LogP contribution in [0, 0.1) is 27.4 Å². The number of anilines is 1. The van der Waals surface area contributed by atoms with Crippen LogP contribution in [-0.2, 0) is 11.2 Å². The van der Waals surface area contributed by atoms with E-state index in [9.17, 15) is 0 Å². The van der Waals surface area contributed by atoms with Gasteiger partial charge in [0.05, 0.1) is 17.8 Å². The Morgan fingerprint density at radius 1 is 1.12 bits per heavy atom. The van der Waals surface area contributed by atoms with Gasteiger partial charge in [-0.05, 0) is 43.0 Å². The van der Waals surface area contributed by atoms with E-state index in [1.54, 1.807) is 0 Å². The van der Waals surface area contributed by atoms with E-state index in [1.165, 1.54) is 27.8 Å². The fourth-order valence-corrected chi connectivity index (χ4v) is 4.45. The highest BCUT2D eigenvalue weighted by molar-refractivity contribution is 5.89. The highest BCUT2D eigenvalue weighted by Crippen LogP contribution is 2.44. The maximum atomic E-state index is 6.12. The first-order chi connectivity index (χ1) is 12.1. The Bertz CT molecular complexity index is 865. The van der Waals surface area contributed by atoms with E-state index in [0.717, 1.165) is 17.9 Å². The third-order valence-electron chi connectivity index (χ3n) is 5.39. The van der Waals surface area contributed by atoms with Crippen molar-refractivity contribution in [2.24, 2.45) is 5.10 Å². The zero-order chi connectivity index (χ0) is 17.1. The highest BCUT2D eigenvalue weighted by Gasteiger charge is 2.46. The molecular weight excluding hydrogens is 310 g/mol. The third kappa shape index (κ3) is 2.20. The van der Waals surface area contributed by atoms with Crippen molar-refractivity contribution >= 4 is 11.5 Å². The SMILES string of the molecule is Cc1cc(C)c(N2[C]N3C(=N2)CO[C@H]2Cc4ccccc4C23)c(C)c1. The van der Waals surface area contributed by atoms with Crippen LogP contribution >= 0.6 is 0 Å². The number of hydrogen-bond acceptors (Lipinski definition) is 4. The van der Waals surface area contributed by atoms with Crippen molar-refractivity contribution in [2.75, 3.05) is 11.6 Å². The maximum absolute atomic E-state index is 6.12. The molecule has 2 aromatic carbocycles. The Hall–Kier alpha value is -2.33. The van der Waals surface area contributed by atoms with Gasteiger partial charge in [-0.25, -0.2) is 5.01 Å². The molecule has 0 spiro atoms. The van der Waals surface area contributed by atoms with Crippen LogP contribution in [0.2, 0.25) is 0 Å². The fraction of sp³-hybridized carbons (Fsp3) is 0.333. The topological polar surface area (TPSA) is 28.1 Å². The van der Waals surface area contributed by atoms with Crippen LogP contribution in [0.4, 0.5) is 5.69 Å². The monoisotopic (exact) mass is 331 g/mol. The van der Waals surface area contributed by atoms with Crippen molar-refractivity contribution in [1.29, 1.82) is 0 Å². The summed E-state index contributed by atoms with van der Waals surface area (Å²) in [5.74, 6) is 0.942. The average Bonchev–Trinajstić information content (AvgIpc) is 3.13. The number of amidine groups is 1. The lowest BCUT2D eigenvalue weighted by Gasteiger charge is -2.35. The zero-order valence-corrected chi connectivity index (χ0v) is 14.8. The van der Waals surface area contributed by atoms with Crippen LogP contribution in [0.5, 0.6) is 0 Å². The molecule has 126 valence electrons. The summed E-state index contributed by atoms with van der Waals surface area (Å²) < 4.78 is 6.12. The van der Waals surface area contributed by atoms with Crippen molar-refractivity contribution in [3.8, 4) is 0 Å². The van der Waals surface area contributed by atoms with Gasteiger partial charge in [0.2, 0.25) is 6.67 Å². The van der Waals surface area contributed by atoms with Crippen LogP contribution in [0.1, 0.15) is 33.9 Å². The van der Waals surface area contributed by atoms with Crippen LogP contribution in [0.15, 0.2) is 41.5 Å². The van der Waals surface area contributed by atoms with E-state index in [-0.39, 0.29) is 12.1 Å². The fourth-order valence-electron chi connectivity index (χ4n) is 4.45. The second kappa shape index (κ2) is 5.33. The van der Waals surface area contributed by atoms with Crippen LogP contribution in [0.25, 0.3) is 0 Å². The first-order valence-corrected chi connectivity index (χ1v) is 8.82. The molecule has 0 aromatic heterocycles. The number of morpholine rings is 1. The first kappa shape index (κ1) is 15.0. The van der Waals surface area contributed by atoms with Crippen molar-refractivity contribution in [3.05, 3.63) is 70.9 Å². The number of rotatable bonds is 1. The molecular formula is C21H21N3O. The molecule has 0 saturated carbocycles. The van der Waals surface area contributed by atoms with E-state index >= 15 is 0 Å². The minimum atomic E-state index is 0.180. The molecule has 5 rings (SSSR count). The van der Waals surface area contributed by atoms with Gasteiger partial charge in [-0.1, -0.05) is 42.0 Å². The second-order valence-electron chi connectivity index (χ2n) is 7.24. The molecule has 4 heteroatoms. The maximum Gasteiger partial charge on any atom is 0.233 e. The molecule has 2 radical (unpaired) electrons. The van der Waals surface area contributed by atoms with E-state index in [4.69, 9.17) is 9.84 Å². The molecule has 0 N–H and O–H groups in total. The van der Waals surface area contributed by atoms with Crippen LogP contribution in [0.3, 0.4) is 0 Å². The summed E-state index contributed by atoms with van der Waals surface area (Å²) in [5.41, 5.74) is 7.55. The minimum absolute atomic E-state index is 0.180. The van der Waals surface area contributed by atoms with E-state index in [0.29, 0.717) is 6.61 Å². The summed E-state index contributed by atoms with van der Waals surface area (Å²) in [6.45, 7) is 10.5. The predicted molar refractivity (Wildman–Crippen MR) is 98.3 cm³/mol. The molecule has 1 aliphatic carbocycles. The third-order valence-corrected chi connectivity index (χ3v) is 5.39. The summed E-state index contributed by atoms with van der Waals surface area (Å²) >= 11 is 0. The largest absolute Gasteiger partial charge is 0.367 e. The Labute approximate surface area is 148 Å². The van der Waals surface area contributed by atoms with Crippen molar-refractivity contribution in [2.45, 2.75) is 39.3 Å². The second-order valence-corrected chi connectivity index (χ2v) is 7.24. The highest BCUT2D eigenvalue weighted by atomic mass is 16.5. The zero-order valence-electron chi connectivity index (χ0n) is 14.8. The van der Waals surface area contributed by atoms with E-state index < -0.39 is 0 Å². The van der Waals surface area contributed by atoms with Gasteiger partial charge in [-0.2, -0.15) is 5.10 Å². The normalized spacial score (nSPS) is 24.0. The standard InChI is InChI=1S/C21H21N3O/c1-13-8-14(2)20(15(3)9-13)24-12-23-19(22-24)11-25-18-10-16-6-4-5-7-17(16)21(18)23/h4-9,18,21H,10-11H2,1-3H3/t18-,21?/m0/s1. The van der Waals surface area contributed by atoms with Gasteiger partial charge in [-0.3, -0.25) is 0 Å². The van der Waals surface area contributed by atoms with E-state index in [1.807, 2.05) is 5.01 Å². The average molecular weight is 331 g/mol. The molecule has 0 amide bonds. The van der Waals surface area contributed by atoms with Crippen LogP contribution in [-0.4, -0.2) is 23.4 Å². The van der Waals surface area contributed by atoms with Crippen molar-refractivity contribution < 1.29 is 4.74 Å². The van der Waals surface area contributed by atoms with Gasteiger partial charge in [0.15, 0.2) is 5.84 Å². The Balaban J connectivity index is 1.52. The van der Waals surface area contributed by atoms with E-state index in [2.05, 4.69) is 68.7 Å². The molecule has 0 bridgehead atoms. The predicted octanol–water partition coefficient (Wildman–Crippen LogP) is 3.74. The molecule has 4 nitrogen and oxygen atoms in total. The molecule has 1 unspecified atom stereocenters. The summed E-state index contributed by atoms with van der Waals surface area (Å²) in [6.07, 6.45) is 1.15. The molecule has 2 heterocycles. The number of nitrogens with zero attached hydrogens (tertiary/aromatic N) is 3. The Morgan fingerprint density at radius 3 is 2.68 bits per heavy atom. The molecule has 1 fully saturated rings. The molecule has 1 saturated heterocycles. The van der Waals surface area contributed by atoms with Gasteiger partial charge < -0.3 is 9.64 Å². The lowest BCUT2D eigenvalue weighted by molar-refractivity contribution is 0.0119. The molecule has 2 aromatic rings. The van der Waals surface area contributed by atoms with Crippen molar-refractivity contribution in [1.82, 2.24) is 4.90 Å². The Kier molecular flexibility index (Phi) is 3.19. The summed E-state index contributed by atoms with van der Waals surface area (Å²) in [5, 5.41) is 6.71. The number of hydrazone groups is 1. The number of fused-ring (bicyclic) bond motifs is 5. The number of aryl methyl sites for hydroxylation is 3. The van der Waals surface area contributed by atoms with Gasteiger partial charge in [-0.15, -0.1) is 0 Å². The smallest absolute Gasteiger partial charge is 0.233 e. The van der Waals surface area contributed by atoms with Crippen LogP contribution < -0.4 is 5.01 Å². The van der Waals surface area contributed by atoms with Gasteiger partial charge >= 0.3 is 0 Å². The van der Waals surface area contributed by atoms with Gasteiger partial charge in [0, 0.05) is 6.42 Å². The van der Waals surface area contributed by atoms with Gasteiger partial charge in [0.25, 0.3) is 0 Å². The number of ether oxygens (including phenoxy) is 1. The first-order valence-electron chi connectivity index (χ1n) is 8.82.